The smallest absolute Gasteiger partial charge is 0.257 e. The number of thiocarbonyl (C=S) groups is 1. The van der Waals surface area contributed by atoms with E-state index >= 15 is 0 Å². The van der Waals surface area contributed by atoms with Gasteiger partial charge in [-0.1, -0.05) is 12.1 Å². The number of carbonyl (C=O) groups is 1. The number of benzene rings is 3. The third kappa shape index (κ3) is 4.74. The van der Waals surface area contributed by atoms with Crippen molar-refractivity contribution < 1.29 is 14.3 Å². The Morgan fingerprint density at radius 3 is 2.50 bits per heavy atom. The van der Waals surface area contributed by atoms with Crippen LogP contribution in [0.1, 0.15) is 10.4 Å². The van der Waals surface area contributed by atoms with E-state index in [-0.39, 0.29) is 11.0 Å². The number of anilines is 1. The molecule has 0 atom stereocenters. The number of ether oxygens (including phenoxy) is 2. The fourth-order valence-corrected chi connectivity index (χ4v) is 4.78. The largest absolute Gasteiger partial charge is 0.496 e. The van der Waals surface area contributed by atoms with Gasteiger partial charge in [0.1, 0.15) is 16.5 Å². The molecule has 0 saturated carbocycles. The van der Waals surface area contributed by atoms with Crippen molar-refractivity contribution >= 4 is 66.4 Å². The van der Waals surface area contributed by atoms with E-state index in [0.717, 1.165) is 20.8 Å². The van der Waals surface area contributed by atoms with Crippen LogP contribution in [0.5, 0.6) is 11.5 Å². The number of hydrogen-bond acceptors (Lipinski definition) is 6. The van der Waals surface area contributed by atoms with E-state index in [4.69, 9.17) is 26.7 Å². The molecule has 4 rings (SSSR count). The Morgan fingerprint density at radius 1 is 1.03 bits per heavy atom. The summed E-state index contributed by atoms with van der Waals surface area (Å²) in [6, 6.07) is 18.7. The van der Waals surface area contributed by atoms with Crippen LogP contribution in [0, 0.1) is 0 Å². The van der Waals surface area contributed by atoms with Crippen molar-refractivity contribution in [3.05, 3.63) is 70.7 Å². The number of thiazole rings is 1. The van der Waals surface area contributed by atoms with Crippen LogP contribution in [0.3, 0.4) is 0 Å². The highest BCUT2D eigenvalue weighted by Gasteiger charge is 2.14. The molecule has 162 valence electrons. The van der Waals surface area contributed by atoms with E-state index < -0.39 is 0 Å². The van der Waals surface area contributed by atoms with Gasteiger partial charge in [0.25, 0.3) is 5.91 Å². The normalized spacial score (nSPS) is 10.6. The van der Waals surface area contributed by atoms with E-state index in [1.807, 2.05) is 42.5 Å². The van der Waals surface area contributed by atoms with Crippen molar-refractivity contribution in [2.75, 3.05) is 19.5 Å². The van der Waals surface area contributed by atoms with Crippen LogP contribution in [0.15, 0.2) is 65.1 Å². The number of amides is 1. The molecule has 32 heavy (non-hydrogen) atoms. The number of methoxy groups -OCH3 is 2. The summed E-state index contributed by atoms with van der Waals surface area (Å²) in [7, 11) is 3.14. The zero-order valence-corrected chi connectivity index (χ0v) is 20.4. The van der Waals surface area contributed by atoms with E-state index in [1.165, 1.54) is 0 Å². The predicted molar refractivity (Wildman–Crippen MR) is 136 cm³/mol. The van der Waals surface area contributed by atoms with Gasteiger partial charge < -0.3 is 14.8 Å². The molecule has 9 heteroatoms. The second-order valence-electron chi connectivity index (χ2n) is 6.66. The lowest BCUT2D eigenvalue weighted by Crippen LogP contribution is -2.34. The fourth-order valence-electron chi connectivity index (χ4n) is 3.07. The molecule has 0 bridgehead atoms. The number of para-hydroxylation sites is 1. The van der Waals surface area contributed by atoms with Crippen LogP contribution in [-0.2, 0) is 0 Å². The minimum absolute atomic E-state index is 0.154. The average molecular weight is 528 g/mol. The number of nitrogens with zero attached hydrogens (tertiary/aromatic N) is 1. The SMILES string of the molecule is COc1ccc(C(=O)NC(=S)Nc2cc(-c3nc4ccccc4s3)ccc2OC)cc1Br. The Kier molecular flexibility index (Phi) is 6.69. The summed E-state index contributed by atoms with van der Waals surface area (Å²) in [6.45, 7) is 0. The first kappa shape index (κ1) is 22.2. The molecule has 0 aliphatic carbocycles. The molecule has 0 aliphatic heterocycles. The Hall–Kier alpha value is -3.01. The second-order valence-corrected chi connectivity index (χ2v) is 8.95. The van der Waals surface area contributed by atoms with E-state index in [9.17, 15) is 4.79 Å². The summed E-state index contributed by atoms with van der Waals surface area (Å²) in [5.74, 6) is 0.893. The monoisotopic (exact) mass is 527 g/mol. The minimum atomic E-state index is -0.341. The van der Waals surface area contributed by atoms with Crippen LogP contribution < -0.4 is 20.1 Å². The quantitative estimate of drug-likeness (QED) is 0.316. The van der Waals surface area contributed by atoms with Crippen LogP contribution >= 0.6 is 39.5 Å². The van der Waals surface area contributed by atoms with Gasteiger partial charge in [-0.05, 0) is 76.7 Å². The van der Waals surface area contributed by atoms with Gasteiger partial charge in [0, 0.05) is 11.1 Å². The molecule has 1 heterocycles. The molecule has 0 aliphatic rings. The highest BCUT2D eigenvalue weighted by molar-refractivity contribution is 9.10. The molecule has 3 aromatic carbocycles. The van der Waals surface area contributed by atoms with Gasteiger partial charge in [-0.15, -0.1) is 11.3 Å². The molecular weight excluding hydrogens is 510 g/mol. The summed E-state index contributed by atoms with van der Waals surface area (Å²) in [5, 5.41) is 6.79. The van der Waals surface area contributed by atoms with Crippen LogP contribution in [0.2, 0.25) is 0 Å². The molecule has 0 fully saturated rings. The first-order chi connectivity index (χ1) is 15.5. The Labute approximate surface area is 202 Å². The zero-order valence-electron chi connectivity index (χ0n) is 17.1. The van der Waals surface area contributed by atoms with E-state index in [0.29, 0.717) is 27.2 Å². The van der Waals surface area contributed by atoms with Crippen molar-refractivity contribution in [1.82, 2.24) is 10.3 Å². The van der Waals surface area contributed by atoms with Gasteiger partial charge in [0.05, 0.1) is 34.6 Å². The number of carbonyl (C=O) groups excluding carboxylic acids is 1. The van der Waals surface area contributed by atoms with Crippen molar-refractivity contribution in [2.45, 2.75) is 0 Å². The van der Waals surface area contributed by atoms with Gasteiger partial charge in [-0.3, -0.25) is 10.1 Å². The molecule has 4 aromatic rings. The van der Waals surface area contributed by atoms with E-state index in [1.54, 1.807) is 43.8 Å². The molecule has 0 spiro atoms. The molecule has 6 nitrogen and oxygen atoms in total. The Morgan fingerprint density at radius 2 is 1.78 bits per heavy atom. The lowest BCUT2D eigenvalue weighted by molar-refractivity contribution is 0.0977. The predicted octanol–water partition coefficient (Wildman–Crippen LogP) is 5.87. The maximum atomic E-state index is 12.6. The lowest BCUT2D eigenvalue weighted by Gasteiger charge is -2.14. The highest BCUT2D eigenvalue weighted by Crippen LogP contribution is 2.35. The molecule has 2 N–H and O–H groups in total. The number of hydrogen-bond donors (Lipinski definition) is 2. The Bertz CT molecular complexity index is 1290. The summed E-state index contributed by atoms with van der Waals surface area (Å²) in [5.41, 5.74) is 2.94. The number of aromatic nitrogens is 1. The van der Waals surface area contributed by atoms with Crippen molar-refractivity contribution in [3.63, 3.8) is 0 Å². The molecular formula is C23H18BrN3O3S2. The molecule has 0 radical (unpaired) electrons. The van der Waals surface area contributed by atoms with Crippen LogP contribution in [-0.4, -0.2) is 30.2 Å². The molecule has 1 aromatic heterocycles. The zero-order chi connectivity index (χ0) is 22.7. The summed E-state index contributed by atoms with van der Waals surface area (Å²) in [4.78, 5) is 17.3. The maximum Gasteiger partial charge on any atom is 0.257 e. The van der Waals surface area contributed by atoms with E-state index in [2.05, 4.69) is 26.6 Å². The standard InChI is InChI=1S/C23H18BrN3O3S2/c1-29-18-9-7-13(11-15(18)24)21(28)27-23(31)26-17-12-14(8-10-19(17)30-2)22-25-16-5-3-4-6-20(16)32-22/h3-12H,1-2H3,(H2,26,27,28,31). The summed E-state index contributed by atoms with van der Waals surface area (Å²) < 4.78 is 12.4. The Balaban J connectivity index is 1.53. The van der Waals surface area contributed by atoms with Crippen LogP contribution in [0.25, 0.3) is 20.8 Å². The number of rotatable bonds is 5. The van der Waals surface area contributed by atoms with Gasteiger partial charge in [-0.25, -0.2) is 4.98 Å². The summed E-state index contributed by atoms with van der Waals surface area (Å²) in [6.07, 6.45) is 0. The van der Waals surface area contributed by atoms with Gasteiger partial charge in [0.2, 0.25) is 0 Å². The molecule has 0 saturated heterocycles. The van der Waals surface area contributed by atoms with Crippen molar-refractivity contribution in [2.24, 2.45) is 0 Å². The number of halogens is 1. The minimum Gasteiger partial charge on any atom is -0.496 e. The number of fused-ring (bicyclic) bond motifs is 1. The number of nitrogens with one attached hydrogen (secondary N) is 2. The first-order valence-corrected chi connectivity index (χ1v) is 11.5. The third-order valence-corrected chi connectivity index (χ3v) is 6.54. The maximum absolute atomic E-state index is 12.6. The fraction of sp³-hybridized carbons (Fsp3) is 0.0870. The highest BCUT2D eigenvalue weighted by atomic mass is 79.9. The van der Waals surface area contributed by atoms with Crippen molar-refractivity contribution in [1.29, 1.82) is 0 Å². The lowest BCUT2D eigenvalue weighted by atomic mass is 10.2. The second kappa shape index (κ2) is 9.64. The van der Waals surface area contributed by atoms with Gasteiger partial charge >= 0.3 is 0 Å². The summed E-state index contributed by atoms with van der Waals surface area (Å²) >= 11 is 10.4. The molecule has 0 unspecified atom stereocenters. The topological polar surface area (TPSA) is 72.5 Å². The van der Waals surface area contributed by atoms with Crippen molar-refractivity contribution in [3.8, 4) is 22.1 Å². The molecule has 1 amide bonds. The van der Waals surface area contributed by atoms with Gasteiger partial charge in [0.15, 0.2) is 5.11 Å². The van der Waals surface area contributed by atoms with Gasteiger partial charge in [-0.2, -0.15) is 0 Å². The van der Waals surface area contributed by atoms with Crippen LogP contribution in [0.4, 0.5) is 5.69 Å². The first-order valence-electron chi connectivity index (χ1n) is 9.48. The third-order valence-electron chi connectivity index (χ3n) is 4.63. The average Bonchev–Trinajstić information content (AvgIpc) is 3.23.